The number of para-hydroxylation sites is 1. The van der Waals surface area contributed by atoms with Gasteiger partial charge in [0, 0.05) is 17.8 Å². The van der Waals surface area contributed by atoms with Gasteiger partial charge in [-0.05, 0) is 12.1 Å². The molecule has 0 saturated carbocycles. The number of nitro benzene ring substituents is 1. The Morgan fingerprint density at radius 2 is 2.00 bits per heavy atom. The van der Waals surface area contributed by atoms with Crippen LogP contribution in [0.3, 0.4) is 0 Å². The Hall–Kier alpha value is -2.19. The smallest absolute Gasteiger partial charge is 0.273 e. The maximum atomic E-state index is 12.1. The van der Waals surface area contributed by atoms with Crippen molar-refractivity contribution in [3.05, 3.63) is 63.4 Å². The molecule has 0 unspecified atom stereocenters. The van der Waals surface area contributed by atoms with Gasteiger partial charge in [0.25, 0.3) is 5.69 Å². The Kier molecular flexibility index (Phi) is 4.39. The molecule has 0 aliphatic heterocycles. The molecule has 0 amide bonds. The molecule has 9 heteroatoms. The highest BCUT2D eigenvalue weighted by Crippen LogP contribution is 2.21. The molecule has 0 bridgehead atoms. The third-order valence-electron chi connectivity index (χ3n) is 2.53. The Labute approximate surface area is 125 Å². The molecule has 7 nitrogen and oxygen atoms in total. The van der Waals surface area contributed by atoms with E-state index < -0.39 is 20.7 Å². The third kappa shape index (κ3) is 4.14. The van der Waals surface area contributed by atoms with Crippen LogP contribution >= 0.6 is 11.6 Å². The molecule has 1 heterocycles. The van der Waals surface area contributed by atoms with Crippen molar-refractivity contribution >= 4 is 33.0 Å². The summed E-state index contributed by atoms with van der Waals surface area (Å²) in [6.07, 6.45) is 1.35. The largest absolute Gasteiger partial charge is 0.283 e. The third-order valence-corrected chi connectivity index (χ3v) is 3.98. The number of rotatable bonds is 5. The van der Waals surface area contributed by atoms with Crippen LogP contribution in [-0.4, -0.2) is 18.3 Å². The van der Waals surface area contributed by atoms with Crippen molar-refractivity contribution in [2.75, 3.05) is 4.72 Å². The van der Waals surface area contributed by atoms with E-state index in [-0.39, 0.29) is 22.1 Å². The topological polar surface area (TPSA) is 102 Å². The normalized spacial score (nSPS) is 11.1. The van der Waals surface area contributed by atoms with Gasteiger partial charge in [-0.15, -0.1) is 0 Å². The van der Waals surface area contributed by atoms with Crippen LogP contribution in [0.15, 0.2) is 42.6 Å². The van der Waals surface area contributed by atoms with Crippen LogP contribution in [-0.2, 0) is 15.8 Å². The maximum Gasteiger partial charge on any atom is 0.273 e. The number of nitrogens with zero attached hydrogens (tertiary/aromatic N) is 2. The molecular weight excluding hydrogens is 318 g/mol. The van der Waals surface area contributed by atoms with E-state index in [0.717, 1.165) is 0 Å². The Bertz CT molecular complexity index is 780. The van der Waals surface area contributed by atoms with Gasteiger partial charge in [-0.1, -0.05) is 29.8 Å². The van der Waals surface area contributed by atoms with Gasteiger partial charge in [0.05, 0.1) is 10.6 Å². The lowest BCUT2D eigenvalue weighted by molar-refractivity contribution is -0.385. The Morgan fingerprint density at radius 1 is 1.29 bits per heavy atom. The van der Waals surface area contributed by atoms with Gasteiger partial charge in [-0.3, -0.25) is 14.8 Å². The second-order valence-corrected chi connectivity index (χ2v) is 6.22. The molecule has 1 aromatic carbocycles. The highest BCUT2D eigenvalue weighted by Gasteiger charge is 2.19. The predicted octanol–water partition coefficient (Wildman–Crippen LogP) is 2.59. The SMILES string of the molecule is O=[N+]([O-])c1ccccc1CS(=O)(=O)Nc1ccnc(Cl)c1. The zero-order valence-electron chi connectivity index (χ0n) is 10.6. The van der Waals surface area contributed by atoms with Crippen molar-refractivity contribution in [2.24, 2.45) is 0 Å². The number of nitro groups is 1. The molecule has 0 atom stereocenters. The van der Waals surface area contributed by atoms with E-state index in [1.807, 2.05) is 0 Å². The Balaban J connectivity index is 2.24. The second kappa shape index (κ2) is 6.06. The van der Waals surface area contributed by atoms with Crippen molar-refractivity contribution in [3.8, 4) is 0 Å². The lowest BCUT2D eigenvalue weighted by Crippen LogP contribution is -2.15. The minimum absolute atomic E-state index is 0.107. The fourth-order valence-electron chi connectivity index (χ4n) is 1.70. The zero-order chi connectivity index (χ0) is 15.5. The van der Waals surface area contributed by atoms with Crippen LogP contribution < -0.4 is 4.72 Å². The van der Waals surface area contributed by atoms with E-state index in [4.69, 9.17) is 11.6 Å². The minimum atomic E-state index is -3.80. The summed E-state index contributed by atoms with van der Waals surface area (Å²) in [5.41, 5.74) is 0.111. The van der Waals surface area contributed by atoms with E-state index >= 15 is 0 Å². The van der Waals surface area contributed by atoms with Crippen molar-refractivity contribution < 1.29 is 13.3 Å². The molecular formula is C12H10ClN3O4S. The fourth-order valence-corrected chi connectivity index (χ4v) is 3.08. The monoisotopic (exact) mass is 327 g/mol. The standard InChI is InChI=1S/C12H10ClN3O4S/c13-12-7-10(5-6-14-12)15-21(19,20)8-9-3-1-2-4-11(9)16(17)18/h1-7H,8H2,(H,14,15). The number of benzene rings is 1. The molecule has 0 radical (unpaired) electrons. The van der Waals surface area contributed by atoms with E-state index in [1.54, 1.807) is 6.07 Å². The number of pyridine rings is 1. The molecule has 21 heavy (non-hydrogen) atoms. The number of aromatic nitrogens is 1. The first-order chi connectivity index (χ1) is 9.87. The fraction of sp³-hybridized carbons (Fsp3) is 0.0833. The lowest BCUT2D eigenvalue weighted by Gasteiger charge is -2.08. The van der Waals surface area contributed by atoms with Gasteiger partial charge in [0.1, 0.15) is 10.9 Å². The predicted molar refractivity (Wildman–Crippen MR) is 78.6 cm³/mol. The average molecular weight is 328 g/mol. The van der Waals surface area contributed by atoms with Gasteiger partial charge in [-0.2, -0.15) is 0 Å². The minimum Gasteiger partial charge on any atom is -0.283 e. The van der Waals surface area contributed by atoms with Crippen LogP contribution in [0.2, 0.25) is 5.15 Å². The highest BCUT2D eigenvalue weighted by atomic mass is 35.5. The first-order valence-electron chi connectivity index (χ1n) is 5.72. The number of anilines is 1. The van der Waals surface area contributed by atoms with Gasteiger partial charge >= 0.3 is 0 Å². The molecule has 1 N–H and O–H groups in total. The molecule has 0 aliphatic rings. The van der Waals surface area contributed by atoms with E-state index in [9.17, 15) is 18.5 Å². The lowest BCUT2D eigenvalue weighted by atomic mass is 10.2. The van der Waals surface area contributed by atoms with E-state index in [1.165, 1.54) is 36.5 Å². The summed E-state index contributed by atoms with van der Waals surface area (Å²) in [6, 6.07) is 8.46. The summed E-state index contributed by atoms with van der Waals surface area (Å²) in [5.74, 6) is -0.510. The molecule has 0 spiro atoms. The van der Waals surface area contributed by atoms with Crippen LogP contribution in [0.1, 0.15) is 5.56 Å². The quantitative estimate of drug-likeness (QED) is 0.516. The molecule has 2 aromatic rings. The number of hydrogen-bond donors (Lipinski definition) is 1. The average Bonchev–Trinajstić information content (AvgIpc) is 2.37. The van der Waals surface area contributed by atoms with Gasteiger partial charge < -0.3 is 0 Å². The summed E-state index contributed by atoms with van der Waals surface area (Å²) in [4.78, 5) is 14.0. The number of nitrogens with one attached hydrogen (secondary N) is 1. The maximum absolute atomic E-state index is 12.1. The van der Waals surface area contributed by atoms with Crippen molar-refractivity contribution in [1.82, 2.24) is 4.98 Å². The first kappa shape index (κ1) is 15.2. The Morgan fingerprint density at radius 3 is 2.67 bits per heavy atom. The second-order valence-electron chi connectivity index (χ2n) is 4.11. The summed E-state index contributed by atoms with van der Waals surface area (Å²) < 4.78 is 26.4. The summed E-state index contributed by atoms with van der Waals surface area (Å²) >= 11 is 5.67. The molecule has 1 aromatic heterocycles. The summed E-state index contributed by atoms with van der Waals surface area (Å²) in [5, 5.41) is 11.0. The number of hydrogen-bond acceptors (Lipinski definition) is 5. The highest BCUT2D eigenvalue weighted by molar-refractivity contribution is 7.91. The summed E-state index contributed by atoms with van der Waals surface area (Å²) in [7, 11) is -3.80. The number of halogens is 1. The van der Waals surface area contributed by atoms with Gasteiger partial charge in [0.15, 0.2) is 0 Å². The van der Waals surface area contributed by atoms with Gasteiger partial charge in [-0.25, -0.2) is 13.4 Å². The molecule has 0 fully saturated rings. The molecule has 110 valence electrons. The first-order valence-corrected chi connectivity index (χ1v) is 7.75. The van der Waals surface area contributed by atoms with Crippen LogP contribution in [0.5, 0.6) is 0 Å². The zero-order valence-corrected chi connectivity index (χ0v) is 12.1. The summed E-state index contributed by atoms with van der Waals surface area (Å²) in [6.45, 7) is 0. The molecule has 0 aliphatic carbocycles. The van der Waals surface area contributed by atoms with Crippen LogP contribution in [0.4, 0.5) is 11.4 Å². The van der Waals surface area contributed by atoms with E-state index in [0.29, 0.717) is 0 Å². The van der Waals surface area contributed by atoms with E-state index in [2.05, 4.69) is 9.71 Å². The van der Waals surface area contributed by atoms with Crippen LogP contribution in [0, 0.1) is 10.1 Å². The molecule has 2 rings (SSSR count). The molecule has 0 saturated heterocycles. The van der Waals surface area contributed by atoms with Crippen LogP contribution in [0.25, 0.3) is 0 Å². The van der Waals surface area contributed by atoms with Gasteiger partial charge in [0.2, 0.25) is 10.0 Å². The number of sulfonamides is 1. The van der Waals surface area contributed by atoms with Crippen molar-refractivity contribution in [2.45, 2.75) is 5.75 Å². The van der Waals surface area contributed by atoms with Crippen molar-refractivity contribution in [3.63, 3.8) is 0 Å². The van der Waals surface area contributed by atoms with Crippen molar-refractivity contribution in [1.29, 1.82) is 0 Å².